The van der Waals surface area contributed by atoms with Crippen molar-refractivity contribution in [1.82, 2.24) is 10.6 Å². The van der Waals surface area contributed by atoms with Crippen molar-refractivity contribution in [2.75, 3.05) is 6.54 Å². The summed E-state index contributed by atoms with van der Waals surface area (Å²) >= 11 is 0. The van der Waals surface area contributed by atoms with Crippen molar-refractivity contribution in [3.8, 4) is 0 Å². The zero-order chi connectivity index (χ0) is 12.3. The number of hydrogen-bond acceptors (Lipinski definition) is 2. The van der Waals surface area contributed by atoms with Gasteiger partial charge in [-0.05, 0) is 38.8 Å². The standard InChI is InChI=1S/C14H20N2O.ClH/c1-10-5-7-12(8-6-10)11(2)16-14(17)13-4-3-9-15-13;/h5-8,11,13,15H,3-4,9H2,1-2H3,(H,16,17);1H. The largest absolute Gasteiger partial charge is 0.348 e. The van der Waals surface area contributed by atoms with Gasteiger partial charge in [-0.3, -0.25) is 4.79 Å². The summed E-state index contributed by atoms with van der Waals surface area (Å²) in [7, 11) is 0. The van der Waals surface area contributed by atoms with E-state index in [1.165, 1.54) is 5.56 Å². The highest BCUT2D eigenvalue weighted by Gasteiger charge is 2.23. The van der Waals surface area contributed by atoms with Crippen molar-refractivity contribution < 1.29 is 4.79 Å². The Balaban J connectivity index is 0.00000162. The molecule has 2 rings (SSSR count). The Morgan fingerprint density at radius 1 is 1.39 bits per heavy atom. The number of aryl methyl sites for hydroxylation is 1. The van der Waals surface area contributed by atoms with Crippen molar-refractivity contribution in [1.29, 1.82) is 0 Å². The summed E-state index contributed by atoms with van der Waals surface area (Å²) in [5.74, 6) is 0.121. The van der Waals surface area contributed by atoms with Gasteiger partial charge in [-0.2, -0.15) is 0 Å². The highest BCUT2D eigenvalue weighted by atomic mass is 35.5. The van der Waals surface area contributed by atoms with E-state index >= 15 is 0 Å². The molecule has 4 heteroatoms. The number of rotatable bonds is 3. The number of nitrogens with one attached hydrogen (secondary N) is 2. The van der Waals surface area contributed by atoms with Crippen molar-refractivity contribution in [3.05, 3.63) is 35.4 Å². The van der Waals surface area contributed by atoms with Crippen LogP contribution in [0.4, 0.5) is 0 Å². The molecule has 0 aromatic heterocycles. The molecule has 2 atom stereocenters. The van der Waals surface area contributed by atoms with E-state index in [1.807, 2.05) is 6.92 Å². The van der Waals surface area contributed by atoms with Gasteiger partial charge in [0.2, 0.25) is 5.91 Å². The van der Waals surface area contributed by atoms with Crippen LogP contribution in [0.15, 0.2) is 24.3 Å². The third kappa shape index (κ3) is 3.72. The SMILES string of the molecule is Cc1ccc(C(C)NC(=O)C2CCCN2)cc1.Cl. The number of halogens is 1. The molecule has 1 fully saturated rings. The maximum atomic E-state index is 11.9. The summed E-state index contributed by atoms with van der Waals surface area (Å²) in [6.45, 7) is 5.05. The second kappa shape index (κ2) is 6.76. The summed E-state index contributed by atoms with van der Waals surface area (Å²) in [5.41, 5.74) is 2.40. The molecule has 1 aliphatic heterocycles. The second-order valence-corrected chi connectivity index (χ2v) is 4.79. The topological polar surface area (TPSA) is 41.1 Å². The summed E-state index contributed by atoms with van der Waals surface area (Å²) in [6, 6.07) is 8.37. The quantitative estimate of drug-likeness (QED) is 0.884. The fourth-order valence-corrected chi connectivity index (χ4v) is 2.16. The molecule has 3 nitrogen and oxygen atoms in total. The van der Waals surface area contributed by atoms with Crippen molar-refractivity contribution in [2.24, 2.45) is 0 Å². The fraction of sp³-hybridized carbons (Fsp3) is 0.500. The average Bonchev–Trinajstić information content (AvgIpc) is 2.83. The van der Waals surface area contributed by atoms with Gasteiger partial charge in [-0.15, -0.1) is 12.4 Å². The first-order valence-electron chi connectivity index (χ1n) is 6.27. The Hall–Kier alpha value is -1.06. The molecule has 0 aliphatic carbocycles. The highest BCUT2D eigenvalue weighted by Crippen LogP contribution is 2.14. The van der Waals surface area contributed by atoms with Gasteiger partial charge < -0.3 is 10.6 Å². The van der Waals surface area contributed by atoms with Crippen LogP contribution < -0.4 is 10.6 Å². The molecule has 0 spiro atoms. The average molecular weight is 269 g/mol. The second-order valence-electron chi connectivity index (χ2n) is 4.79. The molecule has 0 radical (unpaired) electrons. The van der Waals surface area contributed by atoms with E-state index < -0.39 is 0 Å². The maximum absolute atomic E-state index is 11.9. The van der Waals surface area contributed by atoms with Crippen LogP contribution in [0.2, 0.25) is 0 Å². The van der Waals surface area contributed by atoms with E-state index in [0.717, 1.165) is 24.9 Å². The van der Waals surface area contributed by atoms with Gasteiger partial charge in [0.25, 0.3) is 0 Å². The summed E-state index contributed by atoms with van der Waals surface area (Å²) in [4.78, 5) is 11.9. The first-order chi connectivity index (χ1) is 8.16. The van der Waals surface area contributed by atoms with Gasteiger partial charge in [0.1, 0.15) is 0 Å². The van der Waals surface area contributed by atoms with E-state index in [9.17, 15) is 4.79 Å². The lowest BCUT2D eigenvalue weighted by molar-refractivity contribution is -0.123. The van der Waals surface area contributed by atoms with E-state index in [2.05, 4.69) is 41.8 Å². The van der Waals surface area contributed by atoms with Crippen LogP contribution in [0.3, 0.4) is 0 Å². The zero-order valence-corrected chi connectivity index (χ0v) is 11.7. The molecule has 1 amide bonds. The van der Waals surface area contributed by atoms with Crippen LogP contribution in [0.1, 0.15) is 36.9 Å². The summed E-state index contributed by atoms with van der Waals surface area (Å²) in [6.07, 6.45) is 2.05. The van der Waals surface area contributed by atoms with Crippen LogP contribution >= 0.6 is 12.4 Å². The number of amides is 1. The third-order valence-electron chi connectivity index (χ3n) is 3.31. The van der Waals surface area contributed by atoms with Gasteiger partial charge in [-0.1, -0.05) is 29.8 Å². The number of carbonyl (C=O) groups is 1. The normalized spacial score (nSPS) is 20.0. The maximum Gasteiger partial charge on any atom is 0.237 e. The molecular formula is C14H21ClN2O. The smallest absolute Gasteiger partial charge is 0.237 e. The van der Waals surface area contributed by atoms with E-state index in [1.54, 1.807) is 0 Å². The zero-order valence-electron chi connectivity index (χ0n) is 10.9. The lowest BCUT2D eigenvalue weighted by atomic mass is 10.1. The molecule has 18 heavy (non-hydrogen) atoms. The van der Waals surface area contributed by atoms with Crippen LogP contribution in [0, 0.1) is 6.92 Å². The summed E-state index contributed by atoms with van der Waals surface area (Å²) < 4.78 is 0. The molecule has 2 N–H and O–H groups in total. The molecule has 2 unspecified atom stereocenters. The molecule has 0 bridgehead atoms. The van der Waals surface area contributed by atoms with Crippen LogP contribution in [0.5, 0.6) is 0 Å². The highest BCUT2D eigenvalue weighted by molar-refractivity contribution is 5.85. The van der Waals surface area contributed by atoms with Crippen LogP contribution in [-0.2, 0) is 4.79 Å². The van der Waals surface area contributed by atoms with E-state index in [-0.39, 0.29) is 30.4 Å². The van der Waals surface area contributed by atoms with Crippen molar-refractivity contribution >= 4 is 18.3 Å². The number of benzene rings is 1. The predicted octanol–water partition coefficient (Wildman–Crippen LogP) is 2.35. The third-order valence-corrected chi connectivity index (χ3v) is 3.31. The minimum absolute atomic E-state index is 0. The molecule has 0 saturated carbocycles. The molecule has 1 heterocycles. The number of hydrogen-bond donors (Lipinski definition) is 2. The predicted molar refractivity (Wildman–Crippen MR) is 76.0 cm³/mol. The fourth-order valence-electron chi connectivity index (χ4n) is 2.16. The molecule has 1 aromatic carbocycles. The Kier molecular flexibility index (Phi) is 5.63. The molecule has 1 aromatic rings. The van der Waals surface area contributed by atoms with Gasteiger partial charge in [0.05, 0.1) is 12.1 Å². The Morgan fingerprint density at radius 2 is 2.06 bits per heavy atom. The molecule has 1 saturated heterocycles. The Morgan fingerprint density at radius 3 is 2.61 bits per heavy atom. The van der Waals surface area contributed by atoms with E-state index in [0.29, 0.717) is 0 Å². The monoisotopic (exact) mass is 268 g/mol. The lowest BCUT2D eigenvalue weighted by Crippen LogP contribution is -2.41. The van der Waals surface area contributed by atoms with Crippen molar-refractivity contribution in [3.63, 3.8) is 0 Å². The minimum Gasteiger partial charge on any atom is -0.348 e. The first-order valence-corrected chi connectivity index (χ1v) is 6.27. The Bertz CT molecular complexity index is 385. The van der Waals surface area contributed by atoms with Crippen LogP contribution in [-0.4, -0.2) is 18.5 Å². The van der Waals surface area contributed by atoms with Crippen LogP contribution in [0.25, 0.3) is 0 Å². The minimum atomic E-state index is 0. The Labute approximate surface area is 115 Å². The van der Waals surface area contributed by atoms with Crippen molar-refractivity contribution in [2.45, 2.75) is 38.8 Å². The van der Waals surface area contributed by atoms with Gasteiger partial charge in [-0.25, -0.2) is 0 Å². The van der Waals surface area contributed by atoms with Gasteiger partial charge in [0, 0.05) is 0 Å². The number of carbonyl (C=O) groups excluding carboxylic acids is 1. The first kappa shape index (κ1) is 15.0. The van der Waals surface area contributed by atoms with E-state index in [4.69, 9.17) is 0 Å². The lowest BCUT2D eigenvalue weighted by Gasteiger charge is -2.17. The molecular weight excluding hydrogens is 248 g/mol. The van der Waals surface area contributed by atoms with Gasteiger partial charge in [0.15, 0.2) is 0 Å². The van der Waals surface area contributed by atoms with Gasteiger partial charge >= 0.3 is 0 Å². The molecule has 1 aliphatic rings. The molecule has 100 valence electrons. The summed E-state index contributed by atoms with van der Waals surface area (Å²) in [5, 5.41) is 6.27.